The molecule has 0 spiro atoms. The SMILES string of the molecule is CCN(Cc1ccccc1)C(=O)Cc1csc(C)n1. The molecule has 0 unspecified atom stereocenters. The van der Waals surface area contributed by atoms with Gasteiger partial charge in [0.1, 0.15) is 0 Å². The van der Waals surface area contributed by atoms with Gasteiger partial charge >= 0.3 is 0 Å². The number of hydrogen-bond acceptors (Lipinski definition) is 3. The zero-order valence-corrected chi connectivity index (χ0v) is 12.1. The summed E-state index contributed by atoms with van der Waals surface area (Å²) in [7, 11) is 0. The van der Waals surface area contributed by atoms with Gasteiger partial charge in [0.2, 0.25) is 5.91 Å². The molecule has 1 aromatic heterocycles. The number of rotatable bonds is 5. The average Bonchev–Trinajstić information content (AvgIpc) is 2.82. The quantitative estimate of drug-likeness (QED) is 0.839. The smallest absolute Gasteiger partial charge is 0.228 e. The molecule has 0 aliphatic heterocycles. The average molecular weight is 274 g/mol. The van der Waals surface area contributed by atoms with Crippen LogP contribution in [0.15, 0.2) is 35.7 Å². The number of thiazole rings is 1. The molecule has 0 saturated carbocycles. The van der Waals surface area contributed by atoms with E-state index in [2.05, 4.69) is 4.98 Å². The molecular formula is C15H18N2OS. The first-order valence-electron chi connectivity index (χ1n) is 6.41. The lowest BCUT2D eigenvalue weighted by molar-refractivity contribution is -0.130. The summed E-state index contributed by atoms with van der Waals surface area (Å²) in [6.45, 7) is 5.35. The molecule has 0 bridgehead atoms. The van der Waals surface area contributed by atoms with Crippen LogP contribution in [0.5, 0.6) is 0 Å². The molecule has 0 aliphatic carbocycles. The van der Waals surface area contributed by atoms with Crippen molar-refractivity contribution in [2.24, 2.45) is 0 Å². The van der Waals surface area contributed by atoms with Crippen LogP contribution in [0.3, 0.4) is 0 Å². The van der Waals surface area contributed by atoms with Crippen LogP contribution in [0.25, 0.3) is 0 Å². The molecular weight excluding hydrogens is 256 g/mol. The van der Waals surface area contributed by atoms with Crippen LogP contribution in [-0.4, -0.2) is 22.3 Å². The highest BCUT2D eigenvalue weighted by Gasteiger charge is 2.14. The maximum absolute atomic E-state index is 12.2. The molecule has 19 heavy (non-hydrogen) atoms. The predicted octanol–water partition coefficient (Wildman–Crippen LogP) is 3.04. The summed E-state index contributed by atoms with van der Waals surface area (Å²) in [5, 5.41) is 2.97. The second kappa shape index (κ2) is 6.48. The molecule has 2 rings (SSSR count). The zero-order valence-electron chi connectivity index (χ0n) is 11.3. The van der Waals surface area contributed by atoms with Gasteiger partial charge in [-0.05, 0) is 19.4 Å². The Balaban J connectivity index is 1.99. The van der Waals surface area contributed by atoms with Crippen molar-refractivity contribution in [3.8, 4) is 0 Å². The minimum atomic E-state index is 0.136. The Morgan fingerprint density at radius 1 is 1.32 bits per heavy atom. The van der Waals surface area contributed by atoms with Crippen molar-refractivity contribution in [3.05, 3.63) is 52.0 Å². The number of carbonyl (C=O) groups is 1. The van der Waals surface area contributed by atoms with Gasteiger partial charge in [-0.15, -0.1) is 11.3 Å². The lowest BCUT2D eigenvalue weighted by atomic mass is 10.2. The third-order valence-electron chi connectivity index (χ3n) is 2.95. The molecule has 0 atom stereocenters. The molecule has 0 aliphatic rings. The largest absolute Gasteiger partial charge is 0.338 e. The third kappa shape index (κ3) is 3.89. The molecule has 1 heterocycles. The van der Waals surface area contributed by atoms with Crippen LogP contribution in [0, 0.1) is 6.92 Å². The Labute approximate surface area is 117 Å². The molecule has 0 N–H and O–H groups in total. The number of benzene rings is 1. The standard InChI is InChI=1S/C15H18N2OS/c1-3-17(10-13-7-5-4-6-8-13)15(18)9-14-11-19-12(2)16-14/h4-8,11H,3,9-10H2,1-2H3. The predicted molar refractivity (Wildman–Crippen MR) is 78.1 cm³/mol. The van der Waals surface area contributed by atoms with Crippen LogP contribution >= 0.6 is 11.3 Å². The number of aromatic nitrogens is 1. The maximum atomic E-state index is 12.2. The van der Waals surface area contributed by atoms with Gasteiger partial charge < -0.3 is 4.90 Å². The monoisotopic (exact) mass is 274 g/mol. The van der Waals surface area contributed by atoms with Crippen molar-refractivity contribution in [3.63, 3.8) is 0 Å². The number of hydrogen-bond donors (Lipinski definition) is 0. The number of nitrogens with zero attached hydrogens (tertiary/aromatic N) is 2. The van der Waals surface area contributed by atoms with Crippen molar-refractivity contribution >= 4 is 17.2 Å². The Morgan fingerprint density at radius 2 is 2.05 bits per heavy atom. The second-order valence-corrected chi connectivity index (χ2v) is 5.49. The highest BCUT2D eigenvalue weighted by Crippen LogP contribution is 2.11. The van der Waals surface area contributed by atoms with Crippen LogP contribution in [0.4, 0.5) is 0 Å². The third-order valence-corrected chi connectivity index (χ3v) is 3.77. The van der Waals surface area contributed by atoms with Crippen molar-refractivity contribution in [2.45, 2.75) is 26.8 Å². The van der Waals surface area contributed by atoms with E-state index in [4.69, 9.17) is 0 Å². The van der Waals surface area contributed by atoms with Gasteiger partial charge in [0.15, 0.2) is 0 Å². The fourth-order valence-corrected chi connectivity index (χ4v) is 2.55. The van der Waals surface area contributed by atoms with Crippen LogP contribution in [0.2, 0.25) is 0 Å². The summed E-state index contributed by atoms with van der Waals surface area (Å²) in [5.74, 6) is 0.136. The lowest BCUT2D eigenvalue weighted by Crippen LogP contribution is -2.31. The van der Waals surface area contributed by atoms with Gasteiger partial charge in [-0.25, -0.2) is 4.98 Å². The molecule has 1 aromatic carbocycles. The second-order valence-electron chi connectivity index (χ2n) is 4.43. The van der Waals surface area contributed by atoms with Gasteiger partial charge in [-0.3, -0.25) is 4.79 Å². The molecule has 2 aromatic rings. The minimum absolute atomic E-state index is 0.136. The number of carbonyl (C=O) groups excluding carboxylic acids is 1. The van der Waals surface area contributed by atoms with E-state index in [0.717, 1.165) is 22.8 Å². The summed E-state index contributed by atoms with van der Waals surface area (Å²) in [4.78, 5) is 18.5. The zero-order chi connectivity index (χ0) is 13.7. The summed E-state index contributed by atoms with van der Waals surface area (Å²) >= 11 is 1.59. The fourth-order valence-electron chi connectivity index (χ4n) is 1.94. The van der Waals surface area contributed by atoms with E-state index < -0.39 is 0 Å². The molecule has 1 amide bonds. The summed E-state index contributed by atoms with van der Waals surface area (Å²) in [6.07, 6.45) is 0.394. The molecule has 0 radical (unpaired) electrons. The van der Waals surface area contributed by atoms with Crippen molar-refractivity contribution in [1.82, 2.24) is 9.88 Å². The lowest BCUT2D eigenvalue weighted by Gasteiger charge is -2.20. The van der Waals surface area contributed by atoms with Gasteiger partial charge in [0.05, 0.1) is 17.1 Å². The van der Waals surface area contributed by atoms with E-state index >= 15 is 0 Å². The number of likely N-dealkylation sites (N-methyl/N-ethyl adjacent to an activating group) is 1. The fraction of sp³-hybridized carbons (Fsp3) is 0.333. The van der Waals surface area contributed by atoms with Crippen LogP contribution in [-0.2, 0) is 17.8 Å². The van der Waals surface area contributed by atoms with Gasteiger partial charge in [-0.1, -0.05) is 30.3 Å². The van der Waals surface area contributed by atoms with Crippen molar-refractivity contribution < 1.29 is 4.79 Å². The van der Waals surface area contributed by atoms with E-state index in [-0.39, 0.29) is 5.91 Å². The highest BCUT2D eigenvalue weighted by atomic mass is 32.1. The number of amides is 1. The Hall–Kier alpha value is -1.68. The van der Waals surface area contributed by atoms with E-state index in [1.807, 2.05) is 54.5 Å². The van der Waals surface area contributed by atoms with Crippen molar-refractivity contribution in [1.29, 1.82) is 0 Å². The maximum Gasteiger partial charge on any atom is 0.228 e. The normalized spacial score (nSPS) is 10.4. The first-order valence-corrected chi connectivity index (χ1v) is 7.29. The topological polar surface area (TPSA) is 33.2 Å². The van der Waals surface area contributed by atoms with Crippen LogP contribution < -0.4 is 0 Å². The molecule has 0 saturated heterocycles. The van der Waals surface area contributed by atoms with Gasteiger partial charge in [-0.2, -0.15) is 0 Å². The van der Waals surface area contributed by atoms with E-state index in [9.17, 15) is 4.79 Å². The van der Waals surface area contributed by atoms with Crippen LogP contribution in [0.1, 0.15) is 23.2 Å². The summed E-state index contributed by atoms with van der Waals surface area (Å²) in [5.41, 5.74) is 2.03. The Kier molecular flexibility index (Phi) is 4.68. The van der Waals surface area contributed by atoms with E-state index in [1.54, 1.807) is 11.3 Å². The molecule has 100 valence electrons. The van der Waals surface area contributed by atoms with Gasteiger partial charge in [0, 0.05) is 18.5 Å². The van der Waals surface area contributed by atoms with E-state index in [1.165, 1.54) is 0 Å². The number of aryl methyl sites for hydroxylation is 1. The highest BCUT2D eigenvalue weighted by molar-refractivity contribution is 7.09. The first-order chi connectivity index (χ1) is 9.19. The summed E-state index contributed by atoms with van der Waals surface area (Å²) in [6, 6.07) is 10.1. The Morgan fingerprint density at radius 3 is 2.63 bits per heavy atom. The minimum Gasteiger partial charge on any atom is -0.338 e. The van der Waals surface area contributed by atoms with Gasteiger partial charge in [0.25, 0.3) is 0 Å². The molecule has 4 heteroatoms. The van der Waals surface area contributed by atoms with E-state index in [0.29, 0.717) is 13.0 Å². The molecule has 3 nitrogen and oxygen atoms in total. The van der Waals surface area contributed by atoms with Crippen molar-refractivity contribution in [2.75, 3.05) is 6.54 Å². The molecule has 0 fully saturated rings. The summed E-state index contributed by atoms with van der Waals surface area (Å²) < 4.78 is 0. The Bertz CT molecular complexity index is 536. The first kappa shape index (κ1) is 13.7.